The Labute approximate surface area is 155 Å². The number of amides is 1. The number of nitrogens with one attached hydrogen (secondary N) is 1. The highest BCUT2D eigenvalue weighted by atomic mass is 35.5. The van der Waals surface area contributed by atoms with Crippen LogP contribution in [-0.4, -0.2) is 38.4 Å². The number of nitrogens with zero attached hydrogens (tertiary/aromatic N) is 3. The van der Waals surface area contributed by atoms with Crippen molar-refractivity contribution in [1.82, 2.24) is 19.4 Å². The number of hydrogen-bond acceptors (Lipinski definition) is 3. The van der Waals surface area contributed by atoms with Crippen LogP contribution in [0.15, 0.2) is 47.7 Å². The van der Waals surface area contributed by atoms with E-state index in [4.69, 9.17) is 11.6 Å². The van der Waals surface area contributed by atoms with Crippen LogP contribution in [0.1, 0.15) is 23.3 Å². The summed E-state index contributed by atoms with van der Waals surface area (Å²) in [7, 11) is 0. The van der Waals surface area contributed by atoms with E-state index in [-0.39, 0.29) is 11.5 Å². The smallest absolute Gasteiger partial charge is 0.270 e. The Morgan fingerprint density at radius 2 is 2.04 bits per heavy atom. The molecule has 0 spiro atoms. The second-order valence-electron chi connectivity index (χ2n) is 6.72. The fourth-order valence-corrected chi connectivity index (χ4v) is 3.68. The molecule has 1 fully saturated rings. The number of hydrogen-bond donors (Lipinski definition) is 1. The molecule has 1 aliphatic heterocycles. The van der Waals surface area contributed by atoms with Gasteiger partial charge in [-0.15, -0.1) is 0 Å². The Morgan fingerprint density at radius 1 is 1.23 bits per heavy atom. The summed E-state index contributed by atoms with van der Waals surface area (Å²) in [6.07, 6.45) is 4.83. The lowest BCUT2D eigenvalue weighted by molar-refractivity contribution is 0.0677. The average molecular weight is 371 g/mol. The summed E-state index contributed by atoms with van der Waals surface area (Å²) in [6.45, 7) is 2.03. The Bertz CT molecular complexity index is 1000. The average Bonchev–Trinajstić information content (AvgIpc) is 3.07. The molecular formula is C19H19ClN4O2. The molecular weight excluding hydrogens is 352 g/mol. The fraction of sp³-hybridized carbons (Fsp3) is 0.316. The van der Waals surface area contributed by atoms with Crippen LogP contribution in [0.25, 0.3) is 10.9 Å². The Hall–Kier alpha value is -2.60. The number of aromatic nitrogens is 3. The first-order valence-electron chi connectivity index (χ1n) is 8.68. The second-order valence-corrected chi connectivity index (χ2v) is 7.16. The standard InChI is InChI=1S/C19H19ClN4O2/c20-15-1-2-16-14(9-15)10-17(22-16)19(26)23-7-4-13(5-8-23)11-24-12-21-6-3-18(24)25/h1-3,6,9-10,12-13,22H,4-5,7-8,11H2. The maximum Gasteiger partial charge on any atom is 0.270 e. The maximum absolute atomic E-state index is 12.8. The number of fused-ring (bicyclic) bond motifs is 1. The van der Waals surface area contributed by atoms with Crippen molar-refractivity contribution in [3.8, 4) is 0 Å². The summed E-state index contributed by atoms with van der Waals surface area (Å²) >= 11 is 6.01. The molecule has 4 rings (SSSR count). The van der Waals surface area contributed by atoms with Gasteiger partial charge < -0.3 is 9.88 Å². The summed E-state index contributed by atoms with van der Waals surface area (Å²) in [6, 6.07) is 8.86. The summed E-state index contributed by atoms with van der Waals surface area (Å²) in [5.41, 5.74) is 1.46. The molecule has 3 heterocycles. The van der Waals surface area contributed by atoms with E-state index < -0.39 is 0 Å². The van der Waals surface area contributed by atoms with Gasteiger partial charge >= 0.3 is 0 Å². The van der Waals surface area contributed by atoms with Crippen LogP contribution in [0.5, 0.6) is 0 Å². The minimum Gasteiger partial charge on any atom is -0.351 e. The molecule has 1 amide bonds. The van der Waals surface area contributed by atoms with Gasteiger partial charge in [-0.1, -0.05) is 11.6 Å². The molecule has 1 N–H and O–H groups in total. The first-order valence-corrected chi connectivity index (χ1v) is 9.06. The number of carbonyl (C=O) groups is 1. The number of piperidine rings is 1. The highest BCUT2D eigenvalue weighted by molar-refractivity contribution is 6.31. The van der Waals surface area contributed by atoms with Crippen LogP contribution in [0.2, 0.25) is 5.02 Å². The summed E-state index contributed by atoms with van der Waals surface area (Å²) in [4.78, 5) is 33.6. The quantitative estimate of drug-likeness (QED) is 0.770. The summed E-state index contributed by atoms with van der Waals surface area (Å²) in [5.74, 6) is 0.386. The molecule has 0 radical (unpaired) electrons. The van der Waals surface area contributed by atoms with E-state index in [1.165, 1.54) is 12.3 Å². The second kappa shape index (κ2) is 6.96. The highest BCUT2D eigenvalue weighted by Gasteiger charge is 2.25. The maximum atomic E-state index is 12.8. The van der Waals surface area contributed by atoms with Gasteiger partial charge in [0.05, 0.1) is 6.33 Å². The molecule has 0 atom stereocenters. The zero-order valence-electron chi connectivity index (χ0n) is 14.2. The number of halogens is 1. The van der Waals surface area contributed by atoms with Crippen LogP contribution in [-0.2, 0) is 6.54 Å². The highest BCUT2D eigenvalue weighted by Crippen LogP contribution is 2.23. The molecule has 3 aromatic rings. The largest absolute Gasteiger partial charge is 0.351 e. The zero-order chi connectivity index (χ0) is 18.1. The van der Waals surface area contributed by atoms with Crippen molar-refractivity contribution in [2.75, 3.05) is 13.1 Å². The van der Waals surface area contributed by atoms with Crippen LogP contribution in [0.4, 0.5) is 0 Å². The lowest BCUT2D eigenvalue weighted by atomic mass is 9.96. The van der Waals surface area contributed by atoms with Gasteiger partial charge in [-0.05, 0) is 43.0 Å². The van der Waals surface area contributed by atoms with Gasteiger partial charge in [0.1, 0.15) is 5.69 Å². The molecule has 1 saturated heterocycles. The van der Waals surface area contributed by atoms with Gasteiger partial charge in [0.25, 0.3) is 11.5 Å². The van der Waals surface area contributed by atoms with Crippen molar-refractivity contribution in [2.24, 2.45) is 5.92 Å². The Balaban J connectivity index is 1.41. The molecule has 0 bridgehead atoms. The number of aromatic amines is 1. The third-order valence-corrected chi connectivity index (χ3v) is 5.20. The van der Waals surface area contributed by atoms with Crippen molar-refractivity contribution in [3.63, 3.8) is 0 Å². The molecule has 26 heavy (non-hydrogen) atoms. The molecule has 0 aliphatic carbocycles. The van der Waals surface area contributed by atoms with Crippen LogP contribution in [0.3, 0.4) is 0 Å². The molecule has 7 heteroatoms. The van der Waals surface area contributed by atoms with Crippen LogP contribution >= 0.6 is 11.6 Å². The first kappa shape index (κ1) is 16.8. The van der Waals surface area contributed by atoms with Crippen molar-refractivity contribution in [2.45, 2.75) is 19.4 Å². The third kappa shape index (κ3) is 3.37. The van der Waals surface area contributed by atoms with E-state index >= 15 is 0 Å². The van der Waals surface area contributed by atoms with Gasteiger partial charge in [-0.3, -0.25) is 14.2 Å². The van der Waals surface area contributed by atoms with E-state index in [1.54, 1.807) is 17.0 Å². The molecule has 0 unspecified atom stereocenters. The predicted octanol–water partition coefficient (Wildman–Crippen LogP) is 2.93. The molecule has 1 aromatic carbocycles. The molecule has 1 aliphatic rings. The van der Waals surface area contributed by atoms with E-state index in [2.05, 4.69) is 9.97 Å². The number of benzene rings is 1. The Kier molecular flexibility index (Phi) is 4.51. The summed E-state index contributed by atoms with van der Waals surface area (Å²) < 4.78 is 1.64. The normalized spacial score (nSPS) is 15.5. The van der Waals surface area contributed by atoms with Crippen LogP contribution in [0, 0.1) is 5.92 Å². The molecule has 2 aromatic heterocycles. The summed E-state index contributed by atoms with van der Waals surface area (Å²) in [5, 5.41) is 1.59. The molecule has 134 valence electrons. The lowest BCUT2D eigenvalue weighted by Crippen LogP contribution is -2.40. The molecule has 6 nitrogen and oxygen atoms in total. The number of rotatable bonds is 3. The third-order valence-electron chi connectivity index (χ3n) is 4.96. The van der Waals surface area contributed by atoms with E-state index in [1.807, 2.05) is 23.1 Å². The van der Waals surface area contributed by atoms with E-state index in [0.29, 0.717) is 36.3 Å². The first-order chi connectivity index (χ1) is 12.6. The number of H-pyrrole nitrogens is 1. The molecule has 0 saturated carbocycles. The van der Waals surface area contributed by atoms with Gasteiger partial charge in [0, 0.05) is 47.8 Å². The van der Waals surface area contributed by atoms with Crippen molar-refractivity contribution in [3.05, 3.63) is 63.9 Å². The van der Waals surface area contributed by atoms with Gasteiger partial charge in [-0.25, -0.2) is 4.98 Å². The minimum absolute atomic E-state index is 0.00863. The van der Waals surface area contributed by atoms with Gasteiger partial charge in [0.15, 0.2) is 0 Å². The van der Waals surface area contributed by atoms with E-state index in [9.17, 15) is 9.59 Å². The van der Waals surface area contributed by atoms with Crippen molar-refractivity contribution < 1.29 is 4.79 Å². The Morgan fingerprint density at radius 3 is 2.81 bits per heavy atom. The van der Waals surface area contributed by atoms with E-state index in [0.717, 1.165) is 23.7 Å². The monoisotopic (exact) mass is 370 g/mol. The van der Waals surface area contributed by atoms with Gasteiger partial charge in [-0.2, -0.15) is 0 Å². The fourth-order valence-electron chi connectivity index (χ4n) is 3.50. The predicted molar refractivity (Wildman–Crippen MR) is 100 cm³/mol. The topological polar surface area (TPSA) is 71.0 Å². The zero-order valence-corrected chi connectivity index (χ0v) is 14.9. The van der Waals surface area contributed by atoms with Crippen molar-refractivity contribution >= 4 is 28.4 Å². The van der Waals surface area contributed by atoms with Crippen molar-refractivity contribution in [1.29, 1.82) is 0 Å². The van der Waals surface area contributed by atoms with Crippen LogP contribution < -0.4 is 5.56 Å². The number of carbonyl (C=O) groups excluding carboxylic acids is 1. The number of likely N-dealkylation sites (tertiary alicyclic amines) is 1. The SMILES string of the molecule is O=C(c1cc2cc(Cl)ccc2[nH]1)N1CCC(Cn2cnccc2=O)CC1. The lowest BCUT2D eigenvalue weighted by Gasteiger charge is -2.31. The van der Waals surface area contributed by atoms with Gasteiger partial charge in [0.2, 0.25) is 0 Å². The minimum atomic E-state index is -0.0322.